The van der Waals surface area contributed by atoms with Crippen LogP contribution < -0.4 is 10.1 Å². The zero-order valence-corrected chi connectivity index (χ0v) is 14.1. The molecule has 0 aliphatic heterocycles. The molecule has 0 saturated carbocycles. The van der Waals surface area contributed by atoms with Gasteiger partial charge in [-0.15, -0.1) is 0 Å². The molecule has 2 rings (SSSR count). The van der Waals surface area contributed by atoms with Crippen molar-refractivity contribution in [1.82, 2.24) is 5.32 Å². The Balaban J connectivity index is 1.65. The van der Waals surface area contributed by atoms with Crippen LogP contribution in [0.4, 0.5) is 0 Å². The second-order valence-electron chi connectivity index (χ2n) is 4.69. The molecule has 1 amide bonds. The predicted molar refractivity (Wildman–Crippen MR) is 91.7 cm³/mol. The van der Waals surface area contributed by atoms with Crippen molar-refractivity contribution in [1.29, 1.82) is 0 Å². The van der Waals surface area contributed by atoms with E-state index in [1.54, 1.807) is 48.5 Å². The number of halogens is 2. The number of carbonyl (C=O) groups excluding carboxylic acids is 2. The number of esters is 1. The Morgan fingerprint density at radius 1 is 0.958 bits per heavy atom. The second kappa shape index (κ2) is 9.15. The van der Waals surface area contributed by atoms with Gasteiger partial charge in [0.1, 0.15) is 25.5 Å². The standard InChI is InChI=1S/C17H15Cl2NO4/c18-13-7-5-12(6-8-13)17(22)20-11-16(21)24-10-9-23-15-4-2-1-3-14(15)19/h1-8H,9-11H2,(H,20,22). The molecule has 126 valence electrons. The van der Waals surface area contributed by atoms with E-state index >= 15 is 0 Å². The van der Waals surface area contributed by atoms with Crippen molar-refractivity contribution in [3.63, 3.8) is 0 Å². The van der Waals surface area contributed by atoms with E-state index in [4.69, 9.17) is 32.7 Å². The summed E-state index contributed by atoms with van der Waals surface area (Å²) >= 11 is 11.7. The smallest absolute Gasteiger partial charge is 0.325 e. The van der Waals surface area contributed by atoms with E-state index in [-0.39, 0.29) is 25.7 Å². The molecule has 0 aliphatic carbocycles. The molecule has 0 bridgehead atoms. The fourth-order valence-electron chi connectivity index (χ4n) is 1.78. The SMILES string of the molecule is O=C(CNC(=O)c1ccc(Cl)cc1)OCCOc1ccccc1Cl. The second-order valence-corrected chi connectivity index (χ2v) is 5.53. The number of hydrogen-bond acceptors (Lipinski definition) is 4. The van der Waals surface area contributed by atoms with Crippen LogP contribution in [0.15, 0.2) is 48.5 Å². The Hall–Kier alpha value is -2.24. The number of hydrogen-bond donors (Lipinski definition) is 1. The maximum atomic E-state index is 11.8. The van der Waals surface area contributed by atoms with Crippen molar-refractivity contribution in [3.05, 3.63) is 64.1 Å². The molecule has 24 heavy (non-hydrogen) atoms. The molecule has 1 N–H and O–H groups in total. The van der Waals surface area contributed by atoms with Crippen molar-refractivity contribution in [2.24, 2.45) is 0 Å². The van der Waals surface area contributed by atoms with Gasteiger partial charge in [-0.2, -0.15) is 0 Å². The summed E-state index contributed by atoms with van der Waals surface area (Å²) in [4.78, 5) is 23.4. The van der Waals surface area contributed by atoms with E-state index in [1.165, 1.54) is 0 Å². The Kier molecular flexibility index (Phi) is 6.90. The average molecular weight is 368 g/mol. The fraction of sp³-hybridized carbons (Fsp3) is 0.176. The number of benzene rings is 2. The summed E-state index contributed by atoms with van der Waals surface area (Å²) in [5, 5.41) is 3.48. The number of para-hydroxylation sites is 1. The zero-order chi connectivity index (χ0) is 17.4. The molecule has 0 atom stereocenters. The fourth-order valence-corrected chi connectivity index (χ4v) is 2.09. The van der Waals surface area contributed by atoms with E-state index in [2.05, 4.69) is 5.32 Å². The molecule has 0 saturated heterocycles. The average Bonchev–Trinajstić information content (AvgIpc) is 2.58. The first-order valence-corrected chi connectivity index (χ1v) is 7.88. The number of carbonyl (C=O) groups is 2. The first kappa shape index (κ1) is 18.1. The van der Waals surface area contributed by atoms with E-state index in [0.717, 1.165) is 0 Å². The highest BCUT2D eigenvalue weighted by molar-refractivity contribution is 6.32. The van der Waals surface area contributed by atoms with E-state index in [0.29, 0.717) is 21.4 Å². The van der Waals surface area contributed by atoms with Crippen molar-refractivity contribution in [2.75, 3.05) is 19.8 Å². The van der Waals surface area contributed by atoms with Crippen molar-refractivity contribution in [2.45, 2.75) is 0 Å². The lowest BCUT2D eigenvalue weighted by molar-refractivity contribution is -0.143. The van der Waals surface area contributed by atoms with Gasteiger partial charge in [-0.05, 0) is 36.4 Å². The van der Waals surface area contributed by atoms with Gasteiger partial charge >= 0.3 is 5.97 Å². The van der Waals surface area contributed by atoms with Gasteiger partial charge in [-0.3, -0.25) is 9.59 Å². The summed E-state index contributed by atoms with van der Waals surface area (Å²) in [7, 11) is 0. The minimum absolute atomic E-state index is 0.0564. The largest absolute Gasteiger partial charge is 0.488 e. The highest BCUT2D eigenvalue weighted by atomic mass is 35.5. The first-order valence-electron chi connectivity index (χ1n) is 7.13. The molecule has 0 aromatic heterocycles. The molecule has 7 heteroatoms. The summed E-state index contributed by atoms with van der Waals surface area (Å²) in [6.45, 7) is -0.00493. The highest BCUT2D eigenvalue weighted by Gasteiger charge is 2.09. The van der Waals surface area contributed by atoms with Gasteiger partial charge in [0.15, 0.2) is 0 Å². The van der Waals surface area contributed by atoms with Gasteiger partial charge in [-0.25, -0.2) is 0 Å². The summed E-state index contributed by atoms with van der Waals surface area (Å²) in [6.07, 6.45) is 0. The van der Waals surface area contributed by atoms with Crippen molar-refractivity contribution < 1.29 is 19.1 Å². The van der Waals surface area contributed by atoms with Gasteiger partial charge in [-0.1, -0.05) is 35.3 Å². The molecular formula is C17H15Cl2NO4. The Bertz CT molecular complexity index is 704. The molecule has 2 aromatic carbocycles. The lowest BCUT2D eigenvalue weighted by Gasteiger charge is -2.09. The van der Waals surface area contributed by atoms with E-state index < -0.39 is 5.97 Å². The molecular weight excluding hydrogens is 353 g/mol. The van der Waals surface area contributed by atoms with Crippen LogP contribution in [0.2, 0.25) is 10.0 Å². The normalized spacial score (nSPS) is 10.1. The van der Waals surface area contributed by atoms with Crippen LogP contribution in [0.5, 0.6) is 5.75 Å². The molecule has 0 spiro atoms. The van der Waals surface area contributed by atoms with Crippen molar-refractivity contribution >= 4 is 35.1 Å². The van der Waals surface area contributed by atoms with Gasteiger partial charge in [0.05, 0.1) is 5.02 Å². The molecule has 5 nitrogen and oxygen atoms in total. The number of nitrogens with one attached hydrogen (secondary N) is 1. The number of rotatable bonds is 7. The van der Waals surface area contributed by atoms with Gasteiger partial charge < -0.3 is 14.8 Å². The molecule has 0 fully saturated rings. The summed E-state index contributed by atoms with van der Waals surface area (Å²) in [5.74, 6) is -0.415. The summed E-state index contributed by atoms with van der Waals surface area (Å²) < 4.78 is 10.4. The summed E-state index contributed by atoms with van der Waals surface area (Å²) in [5.41, 5.74) is 0.411. The van der Waals surface area contributed by atoms with Crippen molar-refractivity contribution in [3.8, 4) is 5.75 Å². The van der Waals surface area contributed by atoms with Crippen LogP contribution in [0, 0.1) is 0 Å². The topological polar surface area (TPSA) is 64.6 Å². The lowest BCUT2D eigenvalue weighted by atomic mass is 10.2. The maximum absolute atomic E-state index is 11.8. The first-order chi connectivity index (χ1) is 11.6. The van der Waals surface area contributed by atoms with E-state index in [9.17, 15) is 9.59 Å². The number of amides is 1. The molecule has 0 radical (unpaired) electrons. The van der Waals surface area contributed by atoms with Crippen LogP contribution in [0.1, 0.15) is 10.4 Å². The Morgan fingerprint density at radius 2 is 1.67 bits per heavy atom. The molecule has 0 aliphatic rings. The summed E-state index contributed by atoms with van der Waals surface area (Å²) in [6, 6.07) is 13.3. The van der Waals surface area contributed by atoms with Crippen LogP contribution in [0.3, 0.4) is 0 Å². The predicted octanol–water partition coefficient (Wildman–Crippen LogP) is 3.35. The molecule has 0 unspecified atom stereocenters. The minimum Gasteiger partial charge on any atom is -0.488 e. The van der Waals surface area contributed by atoms with Gasteiger partial charge in [0, 0.05) is 10.6 Å². The van der Waals surface area contributed by atoms with Crippen LogP contribution in [0.25, 0.3) is 0 Å². The third kappa shape index (κ3) is 5.76. The maximum Gasteiger partial charge on any atom is 0.325 e. The monoisotopic (exact) mass is 367 g/mol. The third-order valence-electron chi connectivity index (χ3n) is 2.94. The minimum atomic E-state index is -0.555. The highest BCUT2D eigenvalue weighted by Crippen LogP contribution is 2.22. The van der Waals surface area contributed by atoms with E-state index in [1.807, 2.05) is 0 Å². The lowest BCUT2D eigenvalue weighted by Crippen LogP contribution is -2.31. The van der Waals surface area contributed by atoms with Gasteiger partial charge in [0.25, 0.3) is 5.91 Å². The molecule has 0 heterocycles. The van der Waals surface area contributed by atoms with Crippen LogP contribution >= 0.6 is 23.2 Å². The molecule has 2 aromatic rings. The quantitative estimate of drug-likeness (QED) is 0.601. The van der Waals surface area contributed by atoms with Crippen LogP contribution in [-0.4, -0.2) is 31.6 Å². The number of ether oxygens (including phenoxy) is 2. The Morgan fingerprint density at radius 3 is 2.38 bits per heavy atom. The van der Waals surface area contributed by atoms with Crippen LogP contribution in [-0.2, 0) is 9.53 Å². The Labute approximate surface area is 149 Å². The zero-order valence-electron chi connectivity index (χ0n) is 12.6. The van der Waals surface area contributed by atoms with Gasteiger partial charge in [0.2, 0.25) is 0 Å². The third-order valence-corrected chi connectivity index (χ3v) is 3.50.